The first kappa shape index (κ1) is 22.7. The predicted octanol–water partition coefficient (Wildman–Crippen LogP) is 3.32. The number of carbonyl (C=O) groups excluding carboxylic acids is 2. The number of hydrogen-bond donors (Lipinski definition) is 3. The summed E-state index contributed by atoms with van der Waals surface area (Å²) in [5, 5.41) is 16.1. The highest BCUT2D eigenvalue weighted by Crippen LogP contribution is 2.29. The molecule has 3 N–H and O–H groups in total. The Labute approximate surface area is 185 Å². The first-order valence-electron chi connectivity index (χ1n) is 9.70. The Morgan fingerprint density at radius 1 is 1.28 bits per heavy atom. The zero-order valence-corrected chi connectivity index (χ0v) is 16.8. The lowest BCUT2D eigenvalue weighted by Crippen LogP contribution is -2.33. The monoisotopic (exact) mass is 440 g/mol. The smallest absolute Gasteiger partial charge is 0.414 e. The van der Waals surface area contributed by atoms with Gasteiger partial charge in [0.05, 0.1) is 31.5 Å². The summed E-state index contributed by atoms with van der Waals surface area (Å²) < 4.78 is 20.1. The third kappa shape index (κ3) is 5.20. The molecule has 32 heavy (non-hydrogen) atoms. The second-order valence-corrected chi connectivity index (χ2v) is 7.11. The van der Waals surface area contributed by atoms with Gasteiger partial charge in [0.2, 0.25) is 5.91 Å². The van der Waals surface area contributed by atoms with Gasteiger partial charge in [-0.25, -0.2) is 9.18 Å². The van der Waals surface area contributed by atoms with Crippen molar-refractivity contribution in [2.45, 2.75) is 27.0 Å². The summed E-state index contributed by atoms with van der Waals surface area (Å²) in [6.07, 6.45) is 0.595. The number of halogens is 1. The summed E-state index contributed by atoms with van der Waals surface area (Å²) in [4.78, 5) is 24.5. The van der Waals surface area contributed by atoms with E-state index in [4.69, 9.17) is 4.74 Å². The molecule has 0 spiro atoms. The Bertz CT molecular complexity index is 1070. The van der Waals surface area contributed by atoms with Gasteiger partial charge in [-0.2, -0.15) is 15.4 Å². The van der Waals surface area contributed by atoms with Gasteiger partial charge in [0.1, 0.15) is 17.6 Å². The van der Waals surface area contributed by atoms with E-state index in [0.717, 1.165) is 11.4 Å². The van der Waals surface area contributed by atoms with Gasteiger partial charge in [-0.3, -0.25) is 9.69 Å². The lowest BCUT2D eigenvalue weighted by atomic mass is 10.0. The largest absolute Gasteiger partial charge is 0.442 e. The van der Waals surface area contributed by atoms with Gasteiger partial charge in [0.15, 0.2) is 0 Å². The number of carbonyl (C=O) groups is 2. The molecule has 1 atom stereocenters. The third-order valence-electron chi connectivity index (χ3n) is 4.85. The molecular weight excluding hydrogens is 415 g/mol. The van der Waals surface area contributed by atoms with Crippen molar-refractivity contribution >= 4 is 23.4 Å². The van der Waals surface area contributed by atoms with E-state index in [0.29, 0.717) is 23.4 Å². The number of hydrogen-bond acceptors (Lipinski definition) is 6. The van der Waals surface area contributed by atoms with E-state index in [9.17, 15) is 14.0 Å². The summed E-state index contributed by atoms with van der Waals surface area (Å²) in [7, 11) is 0. The molecule has 1 aliphatic heterocycles. The van der Waals surface area contributed by atoms with Crippen LogP contribution in [0.1, 0.15) is 20.0 Å². The Morgan fingerprint density at radius 3 is 2.72 bits per heavy atom. The molecule has 168 valence electrons. The highest BCUT2D eigenvalue weighted by atomic mass is 19.1. The van der Waals surface area contributed by atoms with Crippen molar-refractivity contribution in [2.24, 2.45) is 0 Å². The standard InChI is InChI=1S/C21H21FN6O3.CH4/c1-13(29)23-11-18-12-28(21(30)31-18)17-6-7-19(20(22)8-17)14-2-4-15(5-3-14)24-9-16-10-25-27-26-16;/h2-8,10,18,24H,9,11-12H2,1H3,(H,23,29)(H,25,26,27);1H4/t18-;/m0./s1. The molecular formula is C22H25FN6O3. The van der Waals surface area contributed by atoms with Gasteiger partial charge in [-0.05, 0) is 35.9 Å². The summed E-state index contributed by atoms with van der Waals surface area (Å²) >= 11 is 0. The molecule has 10 heteroatoms. The maximum atomic E-state index is 14.8. The van der Waals surface area contributed by atoms with E-state index in [1.165, 1.54) is 17.9 Å². The van der Waals surface area contributed by atoms with Crippen molar-refractivity contribution in [2.75, 3.05) is 23.3 Å². The third-order valence-corrected chi connectivity index (χ3v) is 4.85. The Hall–Kier alpha value is -3.95. The first-order chi connectivity index (χ1) is 15.0. The van der Waals surface area contributed by atoms with Gasteiger partial charge < -0.3 is 15.4 Å². The van der Waals surface area contributed by atoms with E-state index < -0.39 is 18.0 Å². The molecule has 0 aliphatic carbocycles. The van der Waals surface area contributed by atoms with Crippen LogP contribution in [0.25, 0.3) is 11.1 Å². The van der Waals surface area contributed by atoms with Gasteiger partial charge in [-0.1, -0.05) is 19.6 Å². The van der Waals surface area contributed by atoms with Crippen LogP contribution in [0.3, 0.4) is 0 Å². The maximum absolute atomic E-state index is 14.8. The molecule has 0 bridgehead atoms. The second-order valence-electron chi connectivity index (χ2n) is 7.11. The molecule has 2 aromatic carbocycles. The van der Waals surface area contributed by atoms with Gasteiger partial charge in [0, 0.05) is 18.2 Å². The molecule has 9 nitrogen and oxygen atoms in total. The molecule has 0 radical (unpaired) electrons. The summed E-state index contributed by atoms with van der Waals surface area (Å²) in [6.45, 7) is 2.37. The fourth-order valence-electron chi connectivity index (χ4n) is 3.27. The number of amides is 2. The minimum Gasteiger partial charge on any atom is -0.442 e. The first-order valence-corrected chi connectivity index (χ1v) is 9.70. The Kier molecular flexibility index (Phi) is 7.04. The van der Waals surface area contributed by atoms with E-state index in [2.05, 4.69) is 26.0 Å². The number of H-pyrrole nitrogens is 1. The van der Waals surface area contributed by atoms with Crippen LogP contribution in [0.2, 0.25) is 0 Å². The number of anilines is 2. The van der Waals surface area contributed by atoms with E-state index in [1.54, 1.807) is 18.3 Å². The average Bonchev–Trinajstić information content (AvgIpc) is 3.41. The van der Waals surface area contributed by atoms with Crippen LogP contribution in [-0.4, -0.2) is 46.6 Å². The van der Waals surface area contributed by atoms with E-state index >= 15 is 0 Å². The van der Waals surface area contributed by atoms with Crippen LogP contribution < -0.4 is 15.5 Å². The molecule has 1 saturated heterocycles. The lowest BCUT2D eigenvalue weighted by molar-refractivity contribution is -0.119. The summed E-state index contributed by atoms with van der Waals surface area (Å²) in [5.41, 5.74) is 3.19. The van der Waals surface area contributed by atoms with Crippen molar-refractivity contribution in [3.63, 3.8) is 0 Å². The van der Waals surface area contributed by atoms with Crippen LogP contribution in [-0.2, 0) is 16.1 Å². The number of cyclic esters (lactones) is 1. The quantitative estimate of drug-likeness (QED) is 0.520. The summed E-state index contributed by atoms with van der Waals surface area (Å²) in [6, 6.07) is 12.0. The van der Waals surface area contributed by atoms with E-state index in [-0.39, 0.29) is 26.4 Å². The molecule has 1 fully saturated rings. The van der Waals surface area contributed by atoms with Crippen LogP contribution >= 0.6 is 0 Å². The number of benzene rings is 2. The topological polar surface area (TPSA) is 112 Å². The fourth-order valence-corrected chi connectivity index (χ4v) is 3.27. The van der Waals surface area contributed by atoms with Crippen LogP contribution in [0.4, 0.5) is 20.6 Å². The number of nitrogens with one attached hydrogen (secondary N) is 3. The molecule has 0 saturated carbocycles. The number of ether oxygens (including phenoxy) is 1. The summed E-state index contributed by atoms with van der Waals surface area (Å²) in [5.74, 6) is -0.650. The van der Waals surface area contributed by atoms with Crippen molar-refractivity contribution in [1.82, 2.24) is 20.7 Å². The zero-order chi connectivity index (χ0) is 21.8. The molecule has 4 rings (SSSR count). The van der Waals surface area contributed by atoms with Crippen molar-refractivity contribution in [3.8, 4) is 11.1 Å². The highest BCUT2D eigenvalue weighted by Gasteiger charge is 2.32. The van der Waals surface area contributed by atoms with Gasteiger partial charge >= 0.3 is 6.09 Å². The average molecular weight is 440 g/mol. The predicted molar refractivity (Wildman–Crippen MR) is 119 cm³/mol. The maximum Gasteiger partial charge on any atom is 0.414 e. The lowest BCUT2D eigenvalue weighted by Gasteiger charge is -2.15. The van der Waals surface area contributed by atoms with Crippen molar-refractivity contribution in [3.05, 3.63) is 60.2 Å². The molecule has 2 amide bonds. The minimum atomic E-state index is -0.565. The van der Waals surface area contributed by atoms with Crippen LogP contribution in [0.5, 0.6) is 0 Å². The molecule has 2 heterocycles. The SMILES string of the molecule is C.CC(=O)NC[C@H]1CN(c2ccc(-c3ccc(NCc4cn[nH]n4)cc3)c(F)c2)C(=O)O1. The molecule has 3 aromatic rings. The van der Waals surface area contributed by atoms with Gasteiger partial charge in [-0.15, -0.1) is 0 Å². The molecule has 0 unspecified atom stereocenters. The number of aromatic nitrogens is 3. The minimum absolute atomic E-state index is 0. The normalized spacial score (nSPS) is 15.1. The van der Waals surface area contributed by atoms with E-state index in [1.807, 2.05) is 24.3 Å². The zero-order valence-electron chi connectivity index (χ0n) is 16.8. The van der Waals surface area contributed by atoms with Gasteiger partial charge in [0.25, 0.3) is 0 Å². The highest BCUT2D eigenvalue weighted by molar-refractivity contribution is 5.90. The fraction of sp³-hybridized carbons (Fsp3) is 0.273. The van der Waals surface area contributed by atoms with Crippen LogP contribution in [0.15, 0.2) is 48.7 Å². The number of rotatable bonds is 7. The Morgan fingerprint density at radius 2 is 2.06 bits per heavy atom. The molecule has 1 aromatic heterocycles. The number of nitrogens with zero attached hydrogens (tertiary/aromatic N) is 3. The van der Waals surface area contributed by atoms with Crippen molar-refractivity contribution in [1.29, 1.82) is 0 Å². The molecule has 1 aliphatic rings. The van der Waals surface area contributed by atoms with Crippen LogP contribution in [0, 0.1) is 5.82 Å². The second kappa shape index (κ2) is 9.90. The number of aromatic amines is 1. The Balaban J connectivity index is 0.00000289. The van der Waals surface area contributed by atoms with Crippen molar-refractivity contribution < 1.29 is 18.7 Å².